The second-order valence-corrected chi connectivity index (χ2v) is 5.03. The van der Waals surface area contributed by atoms with Gasteiger partial charge in [-0.05, 0) is 31.7 Å². The molecule has 1 saturated heterocycles. The first kappa shape index (κ1) is 12.6. The van der Waals surface area contributed by atoms with Crippen LogP contribution < -0.4 is 0 Å². The molecule has 0 amide bonds. The number of aromatic nitrogens is 2. The van der Waals surface area contributed by atoms with Crippen LogP contribution in [0.5, 0.6) is 0 Å². The highest BCUT2D eigenvalue weighted by atomic mass is 16.3. The van der Waals surface area contributed by atoms with Crippen LogP contribution in [0.1, 0.15) is 25.1 Å². The first-order valence-corrected chi connectivity index (χ1v) is 6.59. The molecule has 1 aliphatic heterocycles. The topological polar surface area (TPSA) is 41.3 Å². The summed E-state index contributed by atoms with van der Waals surface area (Å²) in [4.78, 5) is 6.86. The fourth-order valence-electron chi connectivity index (χ4n) is 2.67. The van der Waals surface area contributed by atoms with E-state index in [0.717, 1.165) is 31.8 Å². The lowest BCUT2D eigenvalue weighted by Gasteiger charge is -2.32. The number of imidazole rings is 1. The van der Waals surface area contributed by atoms with Gasteiger partial charge < -0.3 is 14.6 Å². The monoisotopic (exact) mass is 237 g/mol. The second kappa shape index (κ2) is 6.17. The van der Waals surface area contributed by atoms with E-state index in [1.807, 2.05) is 19.4 Å². The van der Waals surface area contributed by atoms with Crippen molar-refractivity contribution in [2.75, 3.05) is 26.2 Å². The van der Waals surface area contributed by atoms with Crippen LogP contribution in [-0.4, -0.2) is 45.8 Å². The Hall–Kier alpha value is -0.870. The van der Waals surface area contributed by atoms with Crippen molar-refractivity contribution in [2.45, 2.75) is 25.7 Å². The zero-order valence-corrected chi connectivity index (χ0v) is 10.7. The van der Waals surface area contributed by atoms with Crippen molar-refractivity contribution in [1.82, 2.24) is 14.5 Å². The molecule has 0 saturated carbocycles. The SMILES string of the molecule is Cn1ccnc1CCN1CCCC(CCO)C1. The van der Waals surface area contributed by atoms with E-state index in [0.29, 0.717) is 12.5 Å². The molecule has 2 rings (SSSR count). The Bertz CT molecular complexity index is 335. The Labute approximate surface area is 103 Å². The van der Waals surface area contributed by atoms with Gasteiger partial charge in [-0.1, -0.05) is 0 Å². The minimum Gasteiger partial charge on any atom is -0.396 e. The predicted octanol–water partition coefficient (Wildman–Crippen LogP) is 1.06. The number of piperidine rings is 1. The number of aryl methyl sites for hydroxylation is 1. The summed E-state index contributed by atoms with van der Waals surface area (Å²) in [7, 11) is 2.05. The maximum Gasteiger partial charge on any atom is 0.109 e. The molecule has 0 aliphatic carbocycles. The van der Waals surface area contributed by atoms with E-state index >= 15 is 0 Å². The van der Waals surface area contributed by atoms with Crippen LogP contribution in [0.3, 0.4) is 0 Å². The average molecular weight is 237 g/mol. The number of likely N-dealkylation sites (tertiary alicyclic amines) is 1. The molecule has 1 aromatic rings. The number of aliphatic hydroxyl groups is 1. The van der Waals surface area contributed by atoms with Crippen molar-refractivity contribution in [3.05, 3.63) is 18.2 Å². The Kier molecular flexibility index (Phi) is 4.57. The largest absolute Gasteiger partial charge is 0.396 e. The molecule has 4 heteroatoms. The smallest absolute Gasteiger partial charge is 0.109 e. The molecule has 1 atom stereocenters. The molecule has 1 unspecified atom stereocenters. The van der Waals surface area contributed by atoms with Crippen molar-refractivity contribution in [1.29, 1.82) is 0 Å². The van der Waals surface area contributed by atoms with Gasteiger partial charge in [-0.15, -0.1) is 0 Å². The van der Waals surface area contributed by atoms with Gasteiger partial charge in [-0.25, -0.2) is 4.98 Å². The molecular formula is C13H23N3O. The Morgan fingerprint density at radius 3 is 3.12 bits per heavy atom. The quantitative estimate of drug-likeness (QED) is 0.832. The van der Waals surface area contributed by atoms with Crippen molar-refractivity contribution >= 4 is 0 Å². The van der Waals surface area contributed by atoms with E-state index in [9.17, 15) is 0 Å². The average Bonchev–Trinajstić information content (AvgIpc) is 2.73. The lowest BCUT2D eigenvalue weighted by atomic mass is 9.95. The first-order valence-electron chi connectivity index (χ1n) is 6.59. The molecule has 0 bridgehead atoms. The van der Waals surface area contributed by atoms with Crippen LogP contribution in [-0.2, 0) is 13.5 Å². The van der Waals surface area contributed by atoms with Crippen LogP contribution in [0.4, 0.5) is 0 Å². The summed E-state index contributed by atoms with van der Waals surface area (Å²) < 4.78 is 2.09. The highest BCUT2D eigenvalue weighted by Gasteiger charge is 2.19. The van der Waals surface area contributed by atoms with E-state index < -0.39 is 0 Å². The molecule has 1 N–H and O–H groups in total. The Morgan fingerprint density at radius 2 is 2.41 bits per heavy atom. The van der Waals surface area contributed by atoms with Crippen LogP contribution in [0, 0.1) is 5.92 Å². The minimum atomic E-state index is 0.331. The van der Waals surface area contributed by atoms with Crippen molar-refractivity contribution in [2.24, 2.45) is 13.0 Å². The van der Waals surface area contributed by atoms with Crippen molar-refractivity contribution in [3.8, 4) is 0 Å². The standard InChI is InChI=1S/C13H23N3O/c1-15-9-6-14-13(15)4-8-16-7-2-3-12(11-16)5-10-17/h6,9,12,17H,2-5,7-8,10-11H2,1H3. The number of hydrogen-bond acceptors (Lipinski definition) is 3. The third-order valence-electron chi connectivity index (χ3n) is 3.71. The van der Waals surface area contributed by atoms with Crippen molar-refractivity contribution in [3.63, 3.8) is 0 Å². The van der Waals surface area contributed by atoms with Gasteiger partial charge in [-0.3, -0.25) is 0 Å². The maximum absolute atomic E-state index is 8.99. The zero-order valence-electron chi connectivity index (χ0n) is 10.7. The summed E-state index contributed by atoms with van der Waals surface area (Å²) in [5, 5.41) is 8.99. The van der Waals surface area contributed by atoms with E-state index in [4.69, 9.17) is 5.11 Å². The summed E-state index contributed by atoms with van der Waals surface area (Å²) in [5.74, 6) is 1.85. The normalized spacial score (nSPS) is 21.9. The predicted molar refractivity (Wildman–Crippen MR) is 67.8 cm³/mol. The minimum absolute atomic E-state index is 0.331. The number of rotatable bonds is 5. The third-order valence-corrected chi connectivity index (χ3v) is 3.71. The van der Waals surface area contributed by atoms with Gasteiger partial charge in [0, 0.05) is 45.6 Å². The fourth-order valence-corrected chi connectivity index (χ4v) is 2.67. The van der Waals surface area contributed by atoms with E-state index in [2.05, 4.69) is 14.5 Å². The molecule has 0 aromatic carbocycles. The van der Waals surface area contributed by atoms with Gasteiger partial charge in [0.25, 0.3) is 0 Å². The second-order valence-electron chi connectivity index (χ2n) is 5.03. The zero-order chi connectivity index (χ0) is 12.1. The van der Waals surface area contributed by atoms with Crippen molar-refractivity contribution < 1.29 is 5.11 Å². The van der Waals surface area contributed by atoms with E-state index in [1.54, 1.807) is 0 Å². The summed E-state index contributed by atoms with van der Waals surface area (Å²) in [6, 6.07) is 0. The molecule has 1 aromatic heterocycles. The highest BCUT2D eigenvalue weighted by Crippen LogP contribution is 2.19. The number of hydrogen-bond donors (Lipinski definition) is 1. The number of nitrogens with zero attached hydrogens (tertiary/aromatic N) is 3. The van der Waals surface area contributed by atoms with Crippen LogP contribution in [0.15, 0.2) is 12.4 Å². The lowest BCUT2D eigenvalue weighted by Crippen LogP contribution is -2.37. The third kappa shape index (κ3) is 3.54. The molecular weight excluding hydrogens is 214 g/mol. The molecule has 1 aliphatic rings. The van der Waals surface area contributed by atoms with Gasteiger partial charge in [0.1, 0.15) is 5.82 Å². The van der Waals surface area contributed by atoms with Crippen LogP contribution in [0.2, 0.25) is 0 Å². The van der Waals surface area contributed by atoms with Crippen LogP contribution >= 0.6 is 0 Å². The molecule has 0 radical (unpaired) electrons. The molecule has 1 fully saturated rings. The first-order chi connectivity index (χ1) is 8.29. The summed E-state index contributed by atoms with van der Waals surface area (Å²) in [6.45, 7) is 3.77. The number of aliphatic hydroxyl groups excluding tert-OH is 1. The molecule has 17 heavy (non-hydrogen) atoms. The lowest BCUT2D eigenvalue weighted by molar-refractivity contribution is 0.148. The fraction of sp³-hybridized carbons (Fsp3) is 0.769. The maximum atomic E-state index is 8.99. The van der Waals surface area contributed by atoms with Crippen LogP contribution in [0.25, 0.3) is 0 Å². The molecule has 96 valence electrons. The van der Waals surface area contributed by atoms with Gasteiger partial charge in [0.05, 0.1) is 0 Å². The van der Waals surface area contributed by atoms with E-state index in [-0.39, 0.29) is 0 Å². The highest BCUT2D eigenvalue weighted by molar-refractivity contribution is 4.92. The summed E-state index contributed by atoms with van der Waals surface area (Å²) in [5.41, 5.74) is 0. The Balaban J connectivity index is 1.77. The molecule has 2 heterocycles. The van der Waals surface area contributed by atoms with Gasteiger partial charge in [0.15, 0.2) is 0 Å². The summed E-state index contributed by atoms with van der Waals surface area (Å²) in [6.07, 6.45) is 8.39. The Morgan fingerprint density at radius 1 is 1.53 bits per heavy atom. The van der Waals surface area contributed by atoms with E-state index in [1.165, 1.54) is 19.4 Å². The van der Waals surface area contributed by atoms with Gasteiger partial charge in [-0.2, -0.15) is 0 Å². The van der Waals surface area contributed by atoms with Gasteiger partial charge in [0.2, 0.25) is 0 Å². The molecule has 0 spiro atoms. The molecule has 4 nitrogen and oxygen atoms in total. The van der Waals surface area contributed by atoms with Gasteiger partial charge >= 0.3 is 0 Å². The summed E-state index contributed by atoms with van der Waals surface area (Å²) >= 11 is 0.